The highest BCUT2D eigenvalue weighted by atomic mass is 16.5. The molecule has 0 N–H and O–H groups in total. The lowest BCUT2D eigenvalue weighted by atomic mass is 9.68. The number of likely N-dealkylation sites (tertiary alicyclic amines) is 1. The molecule has 1 spiro atoms. The molecule has 3 aliphatic heterocycles. The topological polar surface area (TPSA) is 45.9 Å². The quantitative estimate of drug-likeness (QED) is 0.820. The zero-order valence-electron chi connectivity index (χ0n) is 16.3. The molecule has 2 saturated heterocycles. The fourth-order valence-electron chi connectivity index (χ4n) is 5.33. The number of nitrogens with zero attached hydrogens (tertiary/aromatic N) is 2. The minimum absolute atomic E-state index is 0.0175. The van der Waals surface area contributed by atoms with Crippen molar-refractivity contribution in [2.24, 2.45) is 5.92 Å². The second-order valence-corrected chi connectivity index (χ2v) is 8.61. The van der Waals surface area contributed by atoms with Crippen molar-refractivity contribution in [2.45, 2.75) is 31.2 Å². The van der Waals surface area contributed by atoms with Crippen LogP contribution in [0.4, 0.5) is 0 Å². The van der Waals surface area contributed by atoms with Crippen LogP contribution >= 0.6 is 0 Å². The van der Waals surface area contributed by atoms with Crippen LogP contribution in [0.2, 0.25) is 0 Å². The SMILES string of the molecule is O=C(c1ccco1)N1CCC2(CC1)CN(C[C@H]1CCOC1)Cc1ccccc12. The lowest BCUT2D eigenvalue weighted by molar-refractivity contribution is 0.0545. The van der Waals surface area contributed by atoms with Crippen LogP contribution in [0.1, 0.15) is 40.9 Å². The highest BCUT2D eigenvalue weighted by Crippen LogP contribution is 2.42. The largest absolute Gasteiger partial charge is 0.459 e. The fourth-order valence-corrected chi connectivity index (χ4v) is 5.33. The lowest BCUT2D eigenvalue weighted by Gasteiger charge is -2.49. The minimum Gasteiger partial charge on any atom is -0.459 e. The summed E-state index contributed by atoms with van der Waals surface area (Å²) in [6.45, 7) is 6.61. The van der Waals surface area contributed by atoms with Gasteiger partial charge in [-0.2, -0.15) is 0 Å². The van der Waals surface area contributed by atoms with E-state index in [4.69, 9.17) is 9.15 Å². The standard InChI is InChI=1S/C23H28N2O3/c26-22(21-6-3-12-28-21)25-10-8-23(9-11-25)17-24(14-18-7-13-27-16-18)15-19-4-1-2-5-20(19)23/h1-6,12,18H,7-11,13-17H2/t18-/m1/s1. The maximum absolute atomic E-state index is 12.7. The van der Waals surface area contributed by atoms with Crippen molar-refractivity contribution < 1.29 is 13.9 Å². The maximum atomic E-state index is 12.7. The van der Waals surface area contributed by atoms with Gasteiger partial charge in [0.05, 0.1) is 12.9 Å². The molecule has 0 unspecified atom stereocenters. The minimum atomic E-state index is 0.0175. The van der Waals surface area contributed by atoms with Gasteiger partial charge in [-0.1, -0.05) is 24.3 Å². The molecular weight excluding hydrogens is 352 g/mol. The van der Waals surface area contributed by atoms with Crippen LogP contribution in [0.15, 0.2) is 47.1 Å². The van der Waals surface area contributed by atoms with Gasteiger partial charge in [0.1, 0.15) is 0 Å². The van der Waals surface area contributed by atoms with Gasteiger partial charge < -0.3 is 14.1 Å². The van der Waals surface area contributed by atoms with Crippen LogP contribution in [0.5, 0.6) is 0 Å². The third-order valence-electron chi connectivity index (χ3n) is 6.79. The molecule has 1 aromatic heterocycles. The van der Waals surface area contributed by atoms with E-state index in [9.17, 15) is 4.79 Å². The second-order valence-electron chi connectivity index (χ2n) is 8.61. The molecule has 3 aliphatic rings. The van der Waals surface area contributed by atoms with E-state index in [-0.39, 0.29) is 11.3 Å². The van der Waals surface area contributed by atoms with Crippen molar-refractivity contribution in [2.75, 3.05) is 39.4 Å². The molecule has 2 aromatic rings. The Hall–Kier alpha value is -2.11. The van der Waals surface area contributed by atoms with Crippen LogP contribution in [0, 0.1) is 5.92 Å². The van der Waals surface area contributed by atoms with Crippen LogP contribution < -0.4 is 0 Å². The summed E-state index contributed by atoms with van der Waals surface area (Å²) < 4.78 is 10.9. The molecule has 0 aliphatic carbocycles. The summed E-state index contributed by atoms with van der Waals surface area (Å²) in [5.74, 6) is 1.12. The number of furan rings is 1. The van der Waals surface area contributed by atoms with Gasteiger partial charge >= 0.3 is 0 Å². The molecule has 5 rings (SSSR count). The number of ether oxygens (including phenoxy) is 1. The first-order valence-electron chi connectivity index (χ1n) is 10.4. The van der Waals surface area contributed by atoms with E-state index >= 15 is 0 Å². The van der Waals surface area contributed by atoms with Crippen molar-refractivity contribution in [3.05, 3.63) is 59.5 Å². The smallest absolute Gasteiger partial charge is 0.289 e. The van der Waals surface area contributed by atoms with Crippen molar-refractivity contribution in [1.82, 2.24) is 9.80 Å². The molecule has 4 heterocycles. The first-order chi connectivity index (χ1) is 13.7. The normalized spacial score (nSPS) is 24.4. The number of hydrogen-bond donors (Lipinski definition) is 0. The Labute approximate surface area is 166 Å². The predicted octanol–water partition coefficient (Wildman–Crippen LogP) is 3.31. The van der Waals surface area contributed by atoms with E-state index in [1.165, 1.54) is 17.5 Å². The van der Waals surface area contributed by atoms with Crippen LogP contribution in [0.25, 0.3) is 0 Å². The van der Waals surface area contributed by atoms with Gasteiger partial charge in [-0.15, -0.1) is 0 Å². The van der Waals surface area contributed by atoms with E-state index in [2.05, 4.69) is 29.2 Å². The van der Waals surface area contributed by atoms with E-state index in [1.807, 2.05) is 4.90 Å². The number of carbonyl (C=O) groups is 1. The number of benzene rings is 1. The molecule has 0 radical (unpaired) electrons. The zero-order valence-corrected chi connectivity index (χ0v) is 16.3. The molecule has 0 saturated carbocycles. The summed E-state index contributed by atoms with van der Waals surface area (Å²) in [5.41, 5.74) is 3.10. The highest BCUT2D eigenvalue weighted by molar-refractivity contribution is 5.91. The molecular formula is C23H28N2O3. The second kappa shape index (κ2) is 7.37. The summed E-state index contributed by atoms with van der Waals surface area (Å²) >= 11 is 0. The van der Waals surface area contributed by atoms with Gasteiger partial charge in [-0.25, -0.2) is 0 Å². The van der Waals surface area contributed by atoms with Gasteiger partial charge in [0.25, 0.3) is 5.91 Å². The van der Waals surface area contributed by atoms with Gasteiger partial charge in [0.2, 0.25) is 0 Å². The Morgan fingerprint density at radius 2 is 2.00 bits per heavy atom. The molecule has 148 valence electrons. The Morgan fingerprint density at radius 3 is 2.75 bits per heavy atom. The molecule has 1 atom stereocenters. The first kappa shape index (κ1) is 18.0. The van der Waals surface area contributed by atoms with Crippen molar-refractivity contribution in [1.29, 1.82) is 0 Å². The molecule has 1 aromatic carbocycles. The van der Waals surface area contributed by atoms with Crippen LogP contribution in [0.3, 0.4) is 0 Å². The number of fused-ring (bicyclic) bond motifs is 2. The zero-order chi connectivity index (χ0) is 19.0. The predicted molar refractivity (Wildman–Crippen MR) is 106 cm³/mol. The Balaban J connectivity index is 1.35. The molecule has 0 bridgehead atoms. The third-order valence-corrected chi connectivity index (χ3v) is 6.79. The van der Waals surface area contributed by atoms with Gasteiger partial charge in [0.15, 0.2) is 5.76 Å². The molecule has 1 amide bonds. The average Bonchev–Trinajstić information content (AvgIpc) is 3.42. The molecule has 5 heteroatoms. The Morgan fingerprint density at radius 1 is 1.14 bits per heavy atom. The van der Waals surface area contributed by atoms with Crippen molar-refractivity contribution in [3.8, 4) is 0 Å². The van der Waals surface area contributed by atoms with Gasteiger partial charge in [-0.05, 0) is 48.4 Å². The van der Waals surface area contributed by atoms with Crippen LogP contribution in [-0.4, -0.2) is 55.1 Å². The first-order valence-corrected chi connectivity index (χ1v) is 10.4. The average molecular weight is 380 g/mol. The molecule has 2 fully saturated rings. The summed E-state index contributed by atoms with van der Waals surface area (Å²) in [6, 6.07) is 12.5. The van der Waals surface area contributed by atoms with E-state index in [1.54, 1.807) is 18.4 Å². The Bertz CT molecular complexity index is 818. The summed E-state index contributed by atoms with van der Waals surface area (Å²) in [5, 5.41) is 0. The summed E-state index contributed by atoms with van der Waals surface area (Å²) in [4.78, 5) is 17.3. The van der Waals surface area contributed by atoms with Gasteiger partial charge in [-0.3, -0.25) is 9.69 Å². The van der Waals surface area contributed by atoms with E-state index in [0.29, 0.717) is 11.7 Å². The summed E-state index contributed by atoms with van der Waals surface area (Å²) in [7, 11) is 0. The highest BCUT2D eigenvalue weighted by Gasteiger charge is 2.43. The Kier molecular flexibility index (Phi) is 4.73. The fraction of sp³-hybridized carbons (Fsp3) is 0.522. The summed E-state index contributed by atoms with van der Waals surface area (Å²) in [6.07, 6.45) is 4.76. The lowest BCUT2D eigenvalue weighted by Crippen LogP contribution is -2.53. The number of rotatable bonds is 3. The molecule has 5 nitrogen and oxygen atoms in total. The number of hydrogen-bond acceptors (Lipinski definition) is 4. The van der Waals surface area contributed by atoms with E-state index in [0.717, 1.165) is 58.8 Å². The maximum Gasteiger partial charge on any atom is 0.289 e. The molecule has 28 heavy (non-hydrogen) atoms. The number of amides is 1. The van der Waals surface area contributed by atoms with Crippen molar-refractivity contribution in [3.63, 3.8) is 0 Å². The van der Waals surface area contributed by atoms with E-state index < -0.39 is 0 Å². The monoisotopic (exact) mass is 380 g/mol. The van der Waals surface area contributed by atoms with Crippen molar-refractivity contribution >= 4 is 5.91 Å². The van der Waals surface area contributed by atoms with Gasteiger partial charge in [0, 0.05) is 44.7 Å². The van der Waals surface area contributed by atoms with Crippen LogP contribution in [-0.2, 0) is 16.7 Å². The number of carbonyl (C=O) groups excluding carboxylic acids is 1. The number of piperidine rings is 1. The third kappa shape index (κ3) is 3.27.